The van der Waals surface area contributed by atoms with E-state index in [9.17, 15) is 13.2 Å². The molecular formula is C9H10F3NO. The molecule has 1 aromatic rings. The number of alkyl halides is 3. The van der Waals surface area contributed by atoms with Gasteiger partial charge < -0.3 is 10.5 Å². The first-order chi connectivity index (χ1) is 6.36. The average molecular weight is 205 g/mol. The minimum Gasteiger partial charge on any atom is -0.496 e. The lowest BCUT2D eigenvalue weighted by molar-refractivity contribution is -0.138. The molecule has 78 valence electrons. The molecule has 1 rings (SSSR count). The molecule has 0 fully saturated rings. The minimum atomic E-state index is -4.44. The van der Waals surface area contributed by atoms with Crippen LogP contribution in [0.3, 0.4) is 0 Å². The van der Waals surface area contributed by atoms with E-state index in [1.165, 1.54) is 20.1 Å². The molecule has 0 aromatic heterocycles. The average Bonchev–Trinajstić information content (AvgIpc) is 2.01. The second-order valence-corrected chi connectivity index (χ2v) is 2.92. The summed E-state index contributed by atoms with van der Waals surface area (Å²) in [4.78, 5) is 0. The summed E-state index contributed by atoms with van der Waals surface area (Å²) in [5.41, 5.74) is 4.94. The van der Waals surface area contributed by atoms with Crippen LogP contribution in [0.1, 0.15) is 11.1 Å². The number of benzene rings is 1. The van der Waals surface area contributed by atoms with Gasteiger partial charge in [-0.3, -0.25) is 0 Å². The summed E-state index contributed by atoms with van der Waals surface area (Å²) < 4.78 is 42.1. The third-order valence-corrected chi connectivity index (χ3v) is 1.81. The normalized spacial score (nSPS) is 11.5. The number of aryl methyl sites for hydroxylation is 1. The zero-order valence-corrected chi connectivity index (χ0v) is 7.77. The number of hydrogen-bond acceptors (Lipinski definition) is 2. The largest absolute Gasteiger partial charge is 0.496 e. The smallest absolute Gasteiger partial charge is 0.420 e. The van der Waals surface area contributed by atoms with Crippen molar-refractivity contribution in [1.29, 1.82) is 0 Å². The number of methoxy groups -OCH3 is 1. The van der Waals surface area contributed by atoms with Crippen LogP contribution in [0.15, 0.2) is 12.1 Å². The molecule has 0 unspecified atom stereocenters. The van der Waals surface area contributed by atoms with Crippen molar-refractivity contribution in [3.05, 3.63) is 23.3 Å². The molecule has 0 amide bonds. The van der Waals surface area contributed by atoms with Gasteiger partial charge in [-0.1, -0.05) is 0 Å². The minimum absolute atomic E-state index is 0.0793. The number of ether oxygens (including phenoxy) is 1. The Bertz CT molecular complexity index is 347. The van der Waals surface area contributed by atoms with Gasteiger partial charge in [-0.25, -0.2) is 0 Å². The van der Waals surface area contributed by atoms with Crippen LogP contribution in [-0.2, 0) is 6.18 Å². The molecule has 0 bridgehead atoms. The Kier molecular flexibility index (Phi) is 2.59. The van der Waals surface area contributed by atoms with Crippen LogP contribution in [0, 0.1) is 6.92 Å². The van der Waals surface area contributed by atoms with Crippen molar-refractivity contribution in [3.8, 4) is 5.75 Å². The first-order valence-corrected chi connectivity index (χ1v) is 3.87. The van der Waals surface area contributed by atoms with Gasteiger partial charge in [0.1, 0.15) is 5.75 Å². The molecular weight excluding hydrogens is 195 g/mol. The maximum absolute atomic E-state index is 12.5. The van der Waals surface area contributed by atoms with Gasteiger partial charge in [-0.2, -0.15) is 13.2 Å². The second-order valence-electron chi connectivity index (χ2n) is 2.92. The molecule has 1 aromatic carbocycles. The van der Waals surface area contributed by atoms with Crippen LogP contribution in [-0.4, -0.2) is 7.11 Å². The van der Waals surface area contributed by atoms with E-state index in [-0.39, 0.29) is 11.4 Å². The lowest BCUT2D eigenvalue weighted by Crippen LogP contribution is -2.09. The monoisotopic (exact) mass is 205 g/mol. The Morgan fingerprint density at radius 2 is 1.86 bits per heavy atom. The molecule has 2 nitrogen and oxygen atoms in total. The lowest BCUT2D eigenvalue weighted by Gasteiger charge is -2.14. The van der Waals surface area contributed by atoms with Gasteiger partial charge in [0.05, 0.1) is 12.7 Å². The second kappa shape index (κ2) is 3.40. The summed E-state index contributed by atoms with van der Waals surface area (Å²) in [6.45, 7) is 1.52. The van der Waals surface area contributed by atoms with Crippen LogP contribution in [0.25, 0.3) is 0 Å². The third kappa shape index (κ3) is 1.92. The Hall–Kier alpha value is -1.39. The standard InChI is InChI=1S/C9H10F3NO/c1-5-3-6(13)4-7(8(5)14-2)9(10,11)12/h3-4H,13H2,1-2H3. The summed E-state index contributed by atoms with van der Waals surface area (Å²) >= 11 is 0. The fourth-order valence-electron chi connectivity index (χ4n) is 1.28. The van der Waals surface area contributed by atoms with Crippen molar-refractivity contribution in [2.45, 2.75) is 13.1 Å². The van der Waals surface area contributed by atoms with E-state index in [1.807, 2.05) is 0 Å². The summed E-state index contributed by atoms with van der Waals surface area (Å²) in [6.07, 6.45) is -4.44. The van der Waals surface area contributed by atoms with Crippen LogP contribution < -0.4 is 10.5 Å². The van der Waals surface area contributed by atoms with E-state index >= 15 is 0 Å². The zero-order chi connectivity index (χ0) is 10.9. The van der Waals surface area contributed by atoms with E-state index < -0.39 is 11.7 Å². The van der Waals surface area contributed by atoms with Crippen LogP contribution in [0.4, 0.5) is 18.9 Å². The summed E-state index contributed by atoms with van der Waals surface area (Å²) in [5, 5.41) is 0. The predicted molar refractivity (Wildman–Crippen MR) is 47.1 cm³/mol. The molecule has 0 radical (unpaired) electrons. The molecule has 5 heteroatoms. The Morgan fingerprint density at radius 1 is 1.29 bits per heavy atom. The molecule has 0 saturated carbocycles. The van der Waals surface area contributed by atoms with Crippen LogP contribution in [0.2, 0.25) is 0 Å². The summed E-state index contributed by atoms with van der Waals surface area (Å²) in [6, 6.07) is 2.31. The summed E-state index contributed by atoms with van der Waals surface area (Å²) in [7, 11) is 1.20. The first-order valence-electron chi connectivity index (χ1n) is 3.87. The molecule has 0 aliphatic carbocycles. The number of anilines is 1. The molecule has 0 aliphatic heterocycles. The SMILES string of the molecule is COc1c(C)cc(N)cc1C(F)(F)F. The van der Waals surface area contributed by atoms with Crippen LogP contribution >= 0.6 is 0 Å². The molecule has 0 heterocycles. The maximum Gasteiger partial charge on any atom is 0.420 e. The predicted octanol–water partition coefficient (Wildman–Crippen LogP) is 2.60. The summed E-state index contributed by atoms with van der Waals surface area (Å²) in [5.74, 6) is -0.174. The number of nitrogens with two attached hydrogens (primary N) is 1. The quantitative estimate of drug-likeness (QED) is 0.715. The van der Waals surface area contributed by atoms with E-state index in [4.69, 9.17) is 5.73 Å². The van der Waals surface area contributed by atoms with Gasteiger partial charge >= 0.3 is 6.18 Å². The zero-order valence-electron chi connectivity index (χ0n) is 7.77. The number of nitrogen functional groups attached to an aromatic ring is 1. The molecule has 0 aliphatic rings. The number of rotatable bonds is 1. The van der Waals surface area contributed by atoms with Crippen molar-refractivity contribution < 1.29 is 17.9 Å². The number of hydrogen-bond donors (Lipinski definition) is 1. The van der Waals surface area contributed by atoms with Gasteiger partial charge in [0.25, 0.3) is 0 Å². The highest BCUT2D eigenvalue weighted by Crippen LogP contribution is 2.39. The van der Waals surface area contributed by atoms with Crippen molar-refractivity contribution >= 4 is 5.69 Å². The van der Waals surface area contributed by atoms with Gasteiger partial charge in [-0.15, -0.1) is 0 Å². The third-order valence-electron chi connectivity index (χ3n) is 1.81. The molecule has 0 atom stereocenters. The Labute approximate surface area is 79.5 Å². The maximum atomic E-state index is 12.5. The van der Waals surface area contributed by atoms with Crippen molar-refractivity contribution in [2.24, 2.45) is 0 Å². The molecule has 2 N–H and O–H groups in total. The Balaban J connectivity index is 3.40. The van der Waals surface area contributed by atoms with E-state index in [1.54, 1.807) is 0 Å². The molecule has 0 spiro atoms. The van der Waals surface area contributed by atoms with Crippen molar-refractivity contribution in [3.63, 3.8) is 0 Å². The number of halogens is 3. The molecule has 0 saturated heterocycles. The van der Waals surface area contributed by atoms with Crippen molar-refractivity contribution in [2.75, 3.05) is 12.8 Å². The topological polar surface area (TPSA) is 35.2 Å². The molecule has 14 heavy (non-hydrogen) atoms. The van der Waals surface area contributed by atoms with E-state index in [0.29, 0.717) is 5.56 Å². The highest BCUT2D eigenvalue weighted by molar-refractivity contribution is 5.53. The van der Waals surface area contributed by atoms with Gasteiger partial charge in [-0.05, 0) is 24.6 Å². The van der Waals surface area contributed by atoms with Crippen LogP contribution in [0.5, 0.6) is 5.75 Å². The van der Waals surface area contributed by atoms with Crippen molar-refractivity contribution in [1.82, 2.24) is 0 Å². The lowest BCUT2D eigenvalue weighted by atomic mass is 10.1. The first kappa shape index (κ1) is 10.7. The highest BCUT2D eigenvalue weighted by Gasteiger charge is 2.35. The van der Waals surface area contributed by atoms with Gasteiger partial charge in [0.15, 0.2) is 0 Å². The Morgan fingerprint density at radius 3 is 2.29 bits per heavy atom. The van der Waals surface area contributed by atoms with Gasteiger partial charge in [0, 0.05) is 5.69 Å². The fraction of sp³-hybridized carbons (Fsp3) is 0.333. The van der Waals surface area contributed by atoms with E-state index in [2.05, 4.69) is 4.74 Å². The van der Waals surface area contributed by atoms with Gasteiger partial charge in [0.2, 0.25) is 0 Å². The fourth-order valence-corrected chi connectivity index (χ4v) is 1.28. The highest BCUT2D eigenvalue weighted by atomic mass is 19.4. The van der Waals surface area contributed by atoms with E-state index in [0.717, 1.165) is 6.07 Å².